The third-order valence-corrected chi connectivity index (χ3v) is 3.97. The molecular formula is C13H19ClN2OS. The zero-order valence-corrected chi connectivity index (χ0v) is 12.5. The van der Waals surface area contributed by atoms with Gasteiger partial charge >= 0.3 is 0 Å². The van der Waals surface area contributed by atoms with Gasteiger partial charge in [0.2, 0.25) is 0 Å². The molecular weight excluding hydrogens is 268 g/mol. The van der Waals surface area contributed by atoms with Gasteiger partial charge in [-0.25, -0.2) is 0 Å². The van der Waals surface area contributed by atoms with Crippen LogP contribution in [0.4, 0.5) is 5.69 Å². The Balaban J connectivity index is 2.95. The normalized spacial score (nSPS) is 12.2. The molecule has 3 nitrogen and oxygen atoms in total. The van der Waals surface area contributed by atoms with Crippen LogP contribution in [0.5, 0.6) is 0 Å². The van der Waals surface area contributed by atoms with Gasteiger partial charge in [0.05, 0.1) is 10.6 Å². The summed E-state index contributed by atoms with van der Waals surface area (Å²) in [5, 5.41) is 0.444. The number of thioether (sulfide) groups is 1. The van der Waals surface area contributed by atoms with Gasteiger partial charge in [-0.15, -0.1) is 0 Å². The number of halogens is 1. The summed E-state index contributed by atoms with van der Waals surface area (Å²) in [5.74, 6) is 0.840. The number of hydrogen-bond donors (Lipinski definition) is 1. The molecule has 2 N–H and O–H groups in total. The van der Waals surface area contributed by atoms with Gasteiger partial charge < -0.3 is 10.6 Å². The van der Waals surface area contributed by atoms with Crippen LogP contribution in [0.1, 0.15) is 23.7 Å². The summed E-state index contributed by atoms with van der Waals surface area (Å²) in [5.41, 5.74) is 6.72. The molecule has 0 heterocycles. The molecule has 0 aromatic heterocycles. The molecule has 0 spiro atoms. The monoisotopic (exact) mass is 286 g/mol. The number of hydrogen-bond acceptors (Lipinski definition) is 3. The van der Waals surface area contributed by atoms with Crippen molar-refractivity contribution in [2.45, 2.75) is 19.4 Å². The molecule has 0 bridgehead atoms. The minimum absolute atomic E-state index is 0.0757. The molecule has 0 aliphatic carbocycles. The van der Waals surface area contributed by atoms with Crippen LogP contribution in [0, 0.1) is 0 Å². The van der Waals surface area contributed by atoms with Crippen molar-refractivity contribution in [1.29, 1.82) is 0 Å². The van der Waals surface area contributed by atoms with Crippen molar-refractivity contribution in [2.75, 3.05) is 24.8 Å². The van der Waals surface area contributed by atoms with Crippen LogP contribution in [0.3, 0.4) is 0 Å². The molecule has 1 aromatic rings. The lowest BCUT2D eigenvalue weighted by molar-refractivity contribution is 0.0744. The third-order valence-electron chi connectivity index (χ3n) is 2.92. The quantitative estimate of drug-likeness (QED) is 0.846. The topological polar surface area (TPSA) is 46.3 Å². The van der Waals surface area contributed by atoms with E-state index in [0.717, 1.165) is 12.2 Å². The summed E-state index contributed by atoms with van der Waals surface area (Å²) in [6.45, 7) is 2.08. The second kappa shape index (κ2) is 6.90. The van der Waals surface area contributed by atoms with Crippen LogP contribution < -0.4 is 5.73 Å². The van der Waals surface area contributed by atoms with Crippen molar-refractivity contribution in [3.05, 3.63) is 28.8 Å². The first kappa shape index (κ1) is 15.2. The highest BCUT2D eigenvalue weighted by molar-refractivity contribution is 7.98. The largest absolute Gasteiger partial charge is 0.399 e. The maximum absolute atomic E-state index is 12.4. The first-order valence-corrected chi connectivity index (χ1v) is 7.59. The van der Waals surface area contributed by atoms with Gasteiger partial charge in [0.1, 0.15) is 0 Å². The maximum atomic E-state index is 12.4. The Labute approximate surface area is 118 Å². The second-order valence-corrected chi connectivity index (χ2v) is 5.49. The van der Waals surface area contributed by atoms with E-state index in [-0.39, 0.29) is 11.9 Å². The number of amides is 1. The van der Waals surface area contributed by atoms with E-state index in [1.165, 1.54) is 0 Å². The van der Waals surface area contributed by atoms with Crippen molar-refractivity contribution in [3.8, 4) is 0 Å². The van der Waals surface area contributed by atoms with Crippen LogP contribution in [-0.4, -0.2) is 35.9 Å². The summed E-state index contributed by atoms with van der Waals surface area (Å²) in [6.07, 6.45) is 2.96. The van der Waals surface area contributed by atoms with Crippen molar-refractivity contribution in [1.82, 2.24) is 4.90 Å². The zero-order valence-electron chi connectivity index (χ0n) is 10.9. The Kier molecular flexibility index (Phi) is 5.82. The summed E-state index contributed by atoms with van der Waals surface area (Å²) in [7, 11) is 1.81. The van der Waals surface area contributed by atoms with Gasteiger partial charge in [-0.1, -0.05) is 18.5 Å². The van der Waals surface area contributed by atoms with E-state index >= 15 is 0 Å². The summed E-state index contributed by atoms with van der Waals surface area (Å²) < 4.78 is 0. The highest BCUT2D eigenvalue weighted by atomic mass is 35.5. The summed E-state index contributed by atoms with van der Waals surface area (Å²) in [4.78, 5) is 14.1. The van der Waals surface area contributed by atoms with Crippen molar-refractivity contribution >= 4 is 35.0 Å². The fraction of sp³-hybridized carbons (Fsp3) is 0.462. The van der Waals surface area contributed by atoms with Crippen LogP contribution in [-0.2, 0) is 0 Å². The lowest BCUT2D eigenvalue weighted by Crippen LogP contribution is -2.38. The van der Waals surface area contributed by atoms with Crippen molar-refractivity contribution in [2.24, 2.45) is 0 Å². The molecule has 0 saturated heterocycles. The Bertz CT molecular complexity index is 425. The lowest BCUT2D eigenvalue weighted by atomic mass is 10.1. The minimum Gasteiger partial charge on any atom is -0.399 e. The van der Waals surface area contributed by atoms with Crippen LogP contribution in [0.2, 0.25) is 5.02 Å². The van der Waals surface area contributed by atoms with E-state index in [2.05, 4.69) is 6.92 Å². The molecule has 1 unspecified atom stereocenters. The van der Waals surface area contributed by atoms with Gasteiger partial charge in [0.15, 0.2) is 0 Å². The van der Waals surface area contributed by atoms with E-state index in [4.69, 9.17) is 17.3 Å². The van der Waals surface area contributed by atoms with E-state index in [0.29, 0.717) is 16.3 Å². The van der Waals surface area contributed by atoms with Gasteiger partial charge in [-0.05, 0) is 30.9 Å². The average molecular weight is 287 g/mol. The number of nitrogen functional groups attached to an aromatic ring is 1. The number of nitrogens with zero attached hydrogens (tertiary/aromatic N) is 1. The third kappa shape index (κ3) is 3.56. The summed E-state index contributed by atoms with van der Waals surface area (Å²) in [6, 6.07) is 5.20. The van der Waals surface area contributed by atoms with E-state index in [1.54, 1.807) is 34.9 Å². The number of benzene rings is 1. The molecule has 5 heteroatoms. The number of rotatable bonds is 5. The molecule has 0 aliphatic heterocycles. The van der Waals surface area contributed by atoms with Crippen molar-refractivity contribution < 1.29 is 4.79 Å². The van der Waals surface area contributed by atoms with Crippen LogP contribution in [0.15, 0.2) is 18.2 Å². The molecule has 0 saturated carbocycles. The van der Waals surface area contributed by atoms with Gasteiger partial charge in [0.25, 0.3) is 5.91 Å². The molecule has 1 aromatic carbocycles. The number of carbonyl (C=O) groups excluding carboxylic acids is 1. The van der Waals surface area contributed by atoms with Gasteiger partial charge in [-0.2, -0.15) is 11.8 Å². The molecule has 18 heavy (non-hydrogen) atoms. The number of anilines is 1. The Morgan fingerprint density at radius 1 is 1.56 bits per heavy atom. The van der Waals surface area contributed by atoms with Crippen LogP contribution >= 0.6 is 23.4 Å². The van der Waals surface area contributed by atoms with E-state index in [9.17, 15) is 4.79 Å². The minimum atomic E-state index is -0.0757. The van der Waals surface area contributed by atoms with Gasteiger partial charge in [-0.3, -0.25) is 4.79 Å². The Hall–Kier alpha value is -0.870. The maximum Gasteiger partial charge on any atom is 0.255 e. The molecule has 0 radical (unpaired) electrons. The van der Waals surface area contributed by atoms with Crippen LogP contribution in [0.25, 0.3) is 0 Å². The van der Waals surface area contributed by atoms with E-state index in [1.807, 2.05) is 13.3 Å². The van der Waals surface area contributed by atoms with Crippen molar-refractivity contribution in [3.63, 3.8) is 0 Å². The van der Waals surface area contributed by atoms with Gasteiger partial charge in [0, 0.05) is 24.5 Å². The highest BCUT2D eigenvalue weighted by Gasteiger charge is 2.21. The first-order valence-electron chi connectivity index (χ1n) is 5.82. The Morgan fingerprint density at radius 2 is 2.22 bits per heavy atom. The fourth-order valence-corrected chi connectivity index (χ4v) is 2.80. The fourth-order valence-electron chi connectivity index (χ4n) is 1.76. The van der Waals surface area contributed by atoms with E-state index < -0.39 is 0 Å². The number of carbonyl (C=O) groups is 1. The number of nitrogens with two attached hydrogens (primary N) is 1. The standard InChI is InChI=1S/C13H19ClN2OS/c1-4-10(8-18-3)16(2)13(17)11-7-9(15)5-6-12(11)14/h5-7,10H,4,8,15H2,1-3H3. The molecule has 0 fully saturated rings. The summed E-state index contributed by atoms with van der Waals surface area (Å²) >= 11 is 7.78. The molecule has 100 valence electrons. The SMILES string of the molecule is CCC(CSC)N(C)C(=O)c1cc(N)ccc1Cl. The molecule has 1 amide bonds. The second-order valence-electron chi connectivity index (χ2n) is 4.17. The Morgan fingerprint density at radius 3 is 2.78 bits per heavy atom. The molecule has 1 rings (SSSR count). The zero-order chi connectivity index (χ0) is 13.7. The lowest BCUT2D eigenvalue weighted by Gasteiger charge is -2.27. The predicted molar refractivity (Wildman–Crippen MR) is 80.4 cm³/mol. The average Bonchev–Trinajstić information content (AvgIpc) is 2.37. The molecule has 1 atom stereocenters. The molecule has 0 aliphatic rings. The first-order chi connectivity index (χ1) is 8.51. The highest BCUT2D eigenvalue weighted by Crippen LogP contribution is 2.22. The predicted octanol–water partition coefficient (Wildman–Crippen LogP) is 3.14. The smallest absolute Gasteiger partial charge is 0.255 e.